The topological polar surface area (TPSA) is 58.9 Å². The van der Waals surface area contributed by atoms with Gasteiger partial charge in [0.2, 0.25) is 0 Å². The van der Waals surface area contributed by atoms with Crippen LogP contribution in [0.3, 0.4) is 0 Å². The summed E-state index contributed by atoms with van der Waals surface area (Å²) >= 11 is 3.41. The normalized spacial score (nSPS) is 10.8. The van der Waals surface area contributed by atoms with Crippen LogP contribution in [-0.4, -0.2) is 17.3 Å². The number of ether oxygens (including phenoxy) is 1. The molecule has 0 radical (unpaired) electrons. The number of aliphatic imine (C=N–C) groups is 1. The van der Waals surface area contributed by atoms with E-state index in [0.29, 0.717) is 12.3 Å². The summed E-state index contributed by atoms with van der Waals surface area (Å²) in [4.78, 5) is 15.2. The fraction of sp³-hybridized carbons (Fsp3) is 0.0476. The minimum Gasteiger partial charge on any atom is -0.489 e. The summed E-state index contributed by atoms with van der Waals surface area (Å²) in [6.45, 7) is 0.511. The van der Waals surface area contributed by atoms with E-state index in [1.807, 2.05) is 48.5 Å². The second-order valence-electron chi connectivity index (χ2n) is 5.59. The molecule has 0 spiro atoms. The largest absolute Gasteiger partial charge is 0.489 e. The van der Waals surface area contributed by atoms with Gasteiger partial charge in [-0.3, -0.25) is 4.99 Å². The van der Waals surface area contributed by atoms with Crippen LogP contribution in [0.4, 0.5) is 5.69 Å². The van der Waals surface area contributed by atoms with Crippen molar-refractivity contribution in [2.75, 3.05) is 0 Å². The van der Waals surface area contributed by atoms with Crippen LogP contribution in [0.5, 0.6) is 5.75 Å². The predicted molar refractivity (Wildman–Crippen MR) is 106 cm³/mol. The van der Waals surface area contributed by atoms with Crippen LogP contribution in [0.1, 0.15) is 21.5 Å². The Labute approximate surface area is 159 Å². The number of carboxylic acid groups (broad SMARTS) is 1. The lowest BCUT2D eigenvalue weighted by Gasteiger charge is -2.06. The molecule has 0 aliphatic carbocycles. The molecule has 0 aliphatic heterocycles. The SMILES string of the molecule is O=C(O)c1ccc(N=Cc2ccc(OCc3ccc(Br)cc3)cc2)cc1. The van der Waals surface area contributed by atoms with E-state index in [1.165, 1.54) is 12.1 Å². The lowest BCUT2D eigenvalue weighted by molar-refractivity contribution is 0.0697. The molecule has 3 aromatic carbocycles. The second kappa shape index (κ2) is 8.45. The zero-order chi connectivity index (χ0) is 18.4. The monoisotopic (exact) mass is 409 g/mol. The van der Waals surface area contributed by atoms with E-state index < -0.39 is 5.97 Å². The third-order valence-corrected chi connectivity index (χ3v) is 4.20. The molecule has 0 atom stereocenters. The first kappa shape index (κ1) is 17.9. The lowest BCUT2D eigenvalue weighted by Crippen LogP contribution is -1.95. The van der Waals surface area contributed by atoms with Gasteiger partial charge in [-0.25, -0.2) is 4.79 Å². The summed E-state index contributed by atoms with van der Waals surface area (Å²) in [5.74, 6) is -0.157. The molecule has 0 aromatic heterocycles. The van der Waals surface area contributed by atoms with Crippen molar-refractivity contribution in [1.82, 2.24) is 0 Å². The van der Waals surface area contributed by atoms with Crippen LogP contribution < -0.4 is 4.74 Å². The van der Waals surface area contributed by atoms with E-state index in [9.17, 15) is 4.79 Å². The smallest absolute Gasteiger partial charge is 0.335 e. The van der Waals surface area contributed by atoms with Gasteiger partial charge in [0, 0.05) is 10.7 Å². The van der Waals surface area contributed by atoms with Gasteiger partial charge in [0.05, 0.1) is 11.3 Å². The standard InChI is InChI=1S/C21H16BrNO3/c22-18-7-1-16(2-8-18)14-26-20-11-3-15(4-12-20)13-23-19-9-5-17(6-10-19)21(24)25/h1-13H,14H2,(H,24,25). The van der Waals surface area contributed by atoms with Crippen LogP contribution in [-0.2, 0) is 6.61 Å². The van der Waals surface area contributed by atoms with Crippen LogP contribution in [0.15, 0.2) is 82.3 Å². The number of hydrogen-bond acceptors (Lipinski definition) is 3. The lowest BCUT2D eigenvalue weighted by atomic mass is 10.2. The highest BCUT2D eigenvalue weighted by molar-refractivity contribution is 9.10. The third kappa shape index (κ3) is 5.04. The summed E-state index contributed by atoms with van der Waals surface area (Å²) in [6.07, 6.45) is 1.73. The molecule has 5 heteroatoms. The highest BCUT2D eigenvalue weighted by Crippen LogP contribution is 2.17. The second-order valence-corrected chi connectivity index (χ2v) is 6.51. The summed E-state index contributed by atoms with van der Waals surface area (Å²) in [6, 6.07) is 22.1. The van der Waals surface area contributed by atoms with Gasteiger partial charge in [-0.2, -0.15) is 0 Å². The van der Waals surface area contributed by atoms with Crippen molar-refractivity contribution < 1.29 is 14.6 Å². The maximum atomic E-state index is 10.8. The molecule has 0 saturated heterocycles. The van der Waals surface area contributed by atoms with Crippen molar-refractivity contribution in [3.63, 3.8) is 0 Å². The van der Waals surface area contributed by atoms with E-state index in [2.05, 4.69) is 20.9 Å². The van der Waals surface area contributed by atoms with Crippen molar-refractivity contribution in [3.05, 3.63) is 94.0 Å². The molecular formula is C21H16BrNO3. The molecule has 0 heterocycles. The first-order valence-electron chi connectivity index (χ1n) is 7.95. The zero-order valence-electron chi connectivity index (χ0n) is 13.8. The Morgan fingerprint density at radius 2 is 1.62 bits per heavy atom. The Morgan fingerprint density at radius 1 is 0.962 bits per heavy atom. The van der Waals surface area contributed by atoms with Gasteiger partial charge < -0.3 is 9.84 Å². The Bertz CT molecular complexity index is 901. The van der Waals surface area contributed by atoms with Crippen LogP contribution in [0.2, 0.25) is 0 Å². The first-order valence-corrected chi connectivity index (χ1v) is 8.74. The zero-order valence-corrected chi connectivity index (χ0v) is 15.4. The van der Waals surface area contributed by atoms with Crippen molar-refractivity contribution in [2.45, 2.75) is 6.61 Å². The number of aromatic carboxylic acids is 1. The molecule has 26 heavy (non-hydrogen) atoms. The molecule has 0 unspecified atom stereocenters. The van der Waals surface area contributed by atoms with Gasteiger partial charge in [-0.1, -0.05) is 28.1 Å². The molecule has 130 valence electrons. The maximum absolute atomic E-state index is 10.8. The Hall–Kier alpha value is -2.92. The van der Waals surface area contributed by atoms with E-state index in [-0.39, 0.29) is 5.56 Å². The van der Waals surface area contributed by atoms with Crippen molar-refractivity contribution in [2.24, 2.45) is 4.99 Å². The third-order valence-electron chi connectivity index (χ3n) is 3.68. The molecule has 0 amide bonds. The van der Waals surface area contributed by atoms with E-state index in [1.54, 1.807) is 18.3 Å². The van der Waals surface area contributed by atoms with E-state index >= 15 is 0 Å². The van der Waals surface area contributed by atoms with Crippen molar-refractivity contribution in [1.29, 1.82) is 0 Å². The quantitative estimate of drug-likeness (QED) is 0.548. The highest BCUT2D eigenvalue weighted by atomic mass is 79.9. The number of carboxylic acids is 1. The first-order chi connectivity index (χ1) is 12.6. The Morgan fingerprint density at radius 3 is 2.23 bits per heavy atom. The molecule has 3 rings (SSSR count). The fourth-order valence-corrected chi connectivity index (χ4v) is 2.50. The Kier molecular flexibility index (Phi) is 5.81. The number of carbonyl (C=O) groups is 1. The van der Waals surface area contributed by atoms with Gasteiger partial charge in [-0.05, 0) is 71.8 Å². The average Bonchev–Trinajstić information content (AvgIpc) is 2.67. The highest BCUT2D eigenvalue weighted by Gasteiger charge is 2.01. The molecule has 0 bridgehead atoms. The van der Waals surface area contributed by atoms with Gasteiger partial charge in [-0.15, -0.1) is 0 Å². The van der Waals surface area contributed by atoms with Gasteiger partial charge >= 0.3 is 5.97 Å². The van der Waals surface area contributed by atoms with Crippen molar-refractivity contribution >= 4 is 33.8 Å². The number of nitrogens with zero attached hydrogens (tertiary/aromatic N) is 1. The van der Waals surface area contributed by atoms with Gasteiger partial charge in [0.25, 0.3) is 0 Å². The van der Waals surface area contributed by atoms with E-state index in [0.717, 1.165) is 21.3 Å². The number of hydrogen-bond donors (Lipinski definition) is 1. The Balaban J connectivity index is 1.58. The maximum Gasteiger partial charge on any atom is 0.335 e. The summed E-state index contributed by atoms with van der Waals surface area (Å²) in [5, 5.41) is 8.89. The molecular weight excluding hydrogens is 394 g/mol. The summed E-state index contributed by atoms with van der Waals surface area (Å²) in [7, 11) is 0. The van der Waals surface area contributed by atoms with Crippen molar-refractivity contribution in [3.8, 4) is 5.75 Å². The van der Waals surface area contributed by atoms with Gasteiger partial charge in [0.15, 0.2) is 0 Å². The number of halogens is 1. The van der Waals surface area contributed by atoms with E-state index in [4.69, 9.17) is 9.84 Å². The minimum atomic E-state index is -0.945. The summed E-state index contributed by atoms with van der Waals surface area (Å²) < 4.78 is 6.81. The minimum absolute atomic E-state index is 0.247. The summed E-state index contributed by atoms with van der Waals surface area (Å²) in [5.41, 5.74) is 2.98. The van der Waals surface area contributed by atoms with Gasteiger partial charge in [0.1, 0.15) is 12.4 Å². The van der Waals surface area contributed by atoms with Crippen LogP contribution >= 0.6 is 15.9 Å². The molecule has 0 saturated carbocycles. The molecule has 0 aliphatic rings. The van der Waals surface area contributed by atoms with Crippen LogP contribution in [0, 0.1) is 0 Å². The molecule has 1 N–H and O–H groups in total. The molecule has 4 nitrogen and oxygen atoms in total. The average molecular weight is 410 g/mol. The molecule has 0 fully saturated rings. The number of benzene rings is 3. The van der Waals surface area contributed by atoms with Crippen LogP contribution in [0.25, 0.3) is 0 Å². The predicted octanol–water partition coefficient (Wildman–Crippen LogP) is 5.48. The molecule has 3 aromatic rings. The number of rotatable bonds is 6. The fourth-order valence-electron chi connectivity index (χ4n) is 2.24.